The molecule has 0 bridgehead atoms. The van der Waals surface area contributed by atoms with Gasteiger partial charge in [-0.3, -0.25) is 0 Å². The van der Waals surface area contributed by atoms with Gasteiger partial charge in [0.05, 0.1) is 0 Å². The molecule has 1 saturated carbocycles. The van der Waals surface area contributed by atoms with Gasteiger partial charge in [-0.15, -0.1) is 0 Å². The van der Waals surface area contributed by atoms with Crippen LogP contribution in [-0.4, -0.2) is 6.54 Å². The van der Waals surface area contributed by atoms with Crippen molar-refractivity contribution in [2.75, 3.05) is 6.54 Å². The molecule has 3 unspecified atom stereocenters. The standard InChI is InChI=1S/C19H31N/c1-4-12-20-19(18-11-10-16(6-3)14-18)17-9-7-8-15(5-2)13-17/h7-9,13,16,18-20H,4-6,10-12,14H2,1-3H3. The Bertz CT molecular complexity index is 399. The summed E-state index contributed by atoms with van der Waals surface area (Å²) in [5, 5.41) is 3.82. The fourth-order valence-electron chi connectivity index (χ4n) is 3.65. The van der Waals surface area contributed by atoms with Gasteiger partial charge in [0.15, 0.2) is 0 Å². The lowest BCUT2D eigenvalue weighted by Gasteiger charge is -2.26. The number of nitrogens with one attached hydrogen (secondary N) is 1. The highest BCUT2D eigenvalue weighted by molar-refractivity contribution is 5.27. The Labute approximate surface area is 125 Å². The molecule has 1 aromatic rings. The van der Waals surface area contributed by atoms with Crippen molar-refractivity contribution >= 4 is 0 Å². The topological polar surface area (TPSA) is 12.0 Å². The van der Waals surface area contributed by atoms with E-state index in [-0.39, 0.29) is 0 Å². The molecule has 1 aliphatic rings. The summed E-state index contributed by atoms with van der Waals surface area (Å²) in [5.41, 5.74) is 2.98. The molecule has 1 heteroatoms. The lowest BCUT2D eigenvalue weighted by atomic mass is 9.89. The van der Waals surface area contributed by atoms with E-state index in [0.29, 0.717) is 6.04 Å². The van der Waals surface area contributed by atoms with Gasteiger partial charge in [-0.05, 0) is 55.2 Å². The molecule has 1 fully saturated rings. The first-order chi connectivity index (χ1) is 9.78. The largest absolute Gasteiger partial charge is 0.310 e. The second kappa shape index (κ2) is 7.83. The summed E-state index contributed by atoms with van der Waals surface area (Å²) in [6, 6.07) is 9.81. The summed E-state index contributed by atoms with van der Waals surface area (Å²) in [4.78, 5) is 0. The first-order valence-corrected chi connectivity index (χ1v) is 8.60. The third-order valence-electron chi connectivity index (χ3n) is 4.96. The monoisotopic (exact) mass is 273 g/mol. The van der Waals surface area contributed by atoms with Crippen LogP contribution in [0.5, 0.6) is 0 Å². The third-order valence-corrected chi connectivity index (χ3v) is 4.96. The average Bonchev–Trinajstić information content (AvgIpc) is 2.97. The molecule has 0 saturated heterocycles. The number of hydrogen-bond donors (Lipinski definition) is 1. The average molecular weight is 273 g/mol. The molecule has 0 aromatic heterocycles. The molecule has 1 N–H and O–H groups in total. The van der Waals surface area contributed by atoms with E-state index in [9.17, 15) is 0 Å². The SMILES string of the molecule is CCCNC(c1cccc(CC)c1)C1CCC(CC)C1. The van der Waals surface area contributed by atoms with Gasteiger partial charge in [-0.25, -0.2) is 0 Å². The van der Waals surface area contributed by atoms with Crippen LogP contribution < -0.4 is 5.32 Å². The van der Waals surface area contributed by atoms with Crippen molar-refractivity contribution in [1.82, 2.24) is 5.32 Å². The predicted molar refractivity (Wildman–Crippen MR) is 88.0 cm³/mol. The molecule has 2 rings (SSSR count). The molecule has 20 heavy (non-hydrogen) atoms. The quantitative estimate of drug-likeness (QED) is 0.727. The highest BCUT2D eigenvalue weighted by Gasteiger charge is 2.30. The maximum Gasteiger partial charge on any atom is 0.0348 e. The van der Waals surface area contributed by atoms with Gasteiger partial charge in [-0.1, -0.05) is 57.9 Å². The Balaban J connectivity index is 2.13. The minimum atomic E-state index is 0.568. The first-order valence-electron chi connectivity index (χ1n) is 8.60. The molecular weight excluding hydrogens is 242 g/mol. The predicted octanol–water partition coefficient (Wildman–Crippen LogP) is 5.12. The van der Waals surface area contributed by atoms with E-state index >= 15 is 0 Å². The van der Waals surface area contributed by atoms with Crippen LogP contribution in [0, 0.1) is 11.8 Å². The highest BCUT2D eigenvalue weighted by Crippen LogP contribution is 2.40. The summed E-state index contributed by atoms with van der Waals surface area (Å²) < 4.78 is 0. The number of benzene rings is 1. The highest BCUT2D eigenvalue weighted by atomic mass is 14.9. The minimum absolute atomic E-state index is 0.568. The van der Waals surface area contributed by atoms with E-state index in [0.717, 1.165) is 24.8 Å². The first kappa shape index (κ1) is 15.6. The minimum Gasteiger partial charge on any atom is -0.310 e. The molecule has 1 nitrogen and oxygen atoms in total. The maximum atomic E-state index is 3.82. The Morgan fingerprint density at radius 3 is 2.70 bits per heavy atom. The zero-order valence-electron chi connectivity index (χ0n) is 13.5. The van der Waals surface area contributed by atoms with Crippen molar-refractivity contribution < 1.29 is 0 Å². The van der Waals surface area contributed by atoms with E-state index < -0.39 is 0 Å². The van der Waals surface area contributed by atoms with Crippen LogP contribution in [0.25, 0.3) is 0 Å². The van der Waals surface area contributed by atoms with Crippen molar-refractivity contribution in [3.63, 3.8) is 0 Å². The summed E-state index contributed by atoms with van der Waals surface area (Å²) in [6.45, 7) is 7.99. The molecule has 0 radical (unpaired) electrons. The van der Waals surface area contributed by atoms with E-state index in [2.05, 4.69) is 50.4 Å². The second-order valence-electron chi connectivity index (χ2n) is 6.38. The Kier molecular flexibility index (Phi) is 6.09. The second-order valence-corrected chi connectivity index (χ2v) is 6.38. The molecule has 3 atom stereocenters. The third kappa shape index (κ3) is 3.85. The zero-order valence-corrected chi connectivity index (χ0v) is 13.5. The lowest BCUT2D eigenvalue weighted by Crippen LogP contribution is -2.28. The van der Waals surface area contributed by atoms with Crippen LogP contribution in [0.1, 0.15) is 70.0 Å². The zero-order chi connectivity index (χ0) is 14.4. The van der Waals surface area contributed by atoms with Gasteiger partial charge in [0, 0.05) is 6.04 Å². The van der Waals surface area contributed by atoms with Gasteiger partial charge in [-0.2, -0.15) is 0 Å². The molecule has 1 aliphatic carbocycles. The summed E-state index contributed by atoms with van der Waals surface area (Å²) in [5.74, 6) is 1.79. The number of rotatable bonds is 7. The fourth-order valence-corrected chi connectivity index (χ4v) is 3.65. The van der Waals surface area contributed by atoms with E-state index in [1.807, 2.05) is 0 Å². The smallest absolute Gasteiger partial charge is 0.0348 e. The van der Waals surface area contributed by atoms with Crippen molar-refractivity contribution in [2.24, 2.45) is 11.8 Å². The Morgan fingerprint density at radius 1 is 1.20 bits per heavy atom. The van der Waals surface area contributed by atoms with Crippen molar-refractivity contribution in [3.05, 3.63) is 35.4 Å². The van der Waals surface area contributed by atoms with Crippen molar-refractivity contribution in [3.8, 4) is 0 Å². The summed E-state index contributed by atoms with van der Waals surface area (Å²) in [7, 11) is 0. The molecule has 112 valence electrons. The molecule has 1 aromatic carbocycles. The van der Waals surface area contributed by atoms with Crippen LogP contribution in [0.15, 0.2) is 24.3 Å². The van der Waals surface area contributed by atoms with Crippen LogP contribution in [0.3, 0.4) is 0 Å². The van der Waals surface area contributed by atoms with E-state index in [1.54, 1.807) is 0 Å². The molecular formula is C19H31N. The van der Waals surface area contributed by atoms with Gasteiger partial charge < -0.3 is 5.32 Å². The van der Waals surface area contributed by atoms with Gasteiger partial charge in [0.2, 0.25) is 0 Å². The van der Waals surface area contributed by atoms with E-state index in [4.69, 9.17) is 0 Å². The van der Waals surface area contributed by atoms with Crippen LogP contribution in [0.2, 0.25) is 0 Å². The molecule has 0 amide bonds. The van der Waals surface area contributed by atoms with Crippen LogP contribution in [0.4, 0.5) is 0 Å². The van der Waals surface area contributed by atoms with Crippen molar-refractivity contribution in [2.45, 2.75) is 65.3 Å². The number of hydrogen-bond acceptors (Lipinski definition) is 1. The van der Waals surface area contributed by atoms with Crippen LogP contribution >= 0.6 is 0 Å². The summed E-state index contributed by atoms with van der Waals surface area (Å²) in [6.07, 6.45) is 7.94. The molecule has 0 spiro atoms. The van der Waals surface area contributed by atoms with Gasteiger partial charge in [0.25, 0.3) is 0 Å². The molecule has 0 heterocycles. The number of aryl methyl sites for hydroxylation is 1. The van der Waals surface area contributed by atoms with Crippen molar-refractivity contribution in [1.29, 1.82) is 0 Å². The Morgan fingerprint density at radius 2 is 2.05 bits per heavy atom. The maximum absolute atomic E-state index is 3.82. The van der Waals surface area contributed by atoms with Gasteiger partial charge in [0.1, 0.15) is 0 Å². The fraction of sp³-hybridized carbons (Fsp3) is 0.684. The lowest BCUT2D eigenvalue weighted by molar-refractivity contribution is 0.354. The summed E-state index contributed by atoms with van der Waals surface area (Å²) >= 11 is 0. The van der Waals surface area contributed by atoms with Crippen LogP contribution in [-0.2, 0) is 6.42 Å². The van der Waals surface area contributed by atoms with E-state index in [1.165, 1.54) is 43.2 Å². The molecule has 0 aliphatic heterocycles. The Hall–Kier alpha value is -0.820. The normalized spacial score (nSPS) is 23.9. The van der Waals surface area contributed by atoms with Gasteiger partial charge >= 0.3 is 0 Å².